The number of ketones is 1. The van der Waals surface area contributed by atoms with Gasteiger partial charge in [0.15, 0.2) is 5.96 Å². The minimum absolute atomic E-state index is 0.00410. The van der Waals surface area contributed by atoms with E-state index in [-0.39, 0.29) is 81.5 Å². The predicted molar refractivity (Wildman–Crippen MR) is 325 cm³/mol. The molecule has 15 atom stereocenters. The Bertz CT molecular complexity index is 2190. The van der Waals surface area contributed by atoms with E-state index in [0.717, 1.165) is 32.1 Å². The van der Waals surface area contributed by atoms with Crippen LogP contribution in [0.3, 0.4) is 0 Å². The number of hydrogen-bond acceptors (Lipinski definition) is 17. The minimum atomic E-state index is -4.94. The van der Waals surface area contributed by atoms with Crippen LogP contribution < -0.4 is 11.1 Å². The van der Waals surface area contributed by atoms with Crippen molar-refractivity contribution in [3.8, 4) is 0 Å². The highest BCUT2D eigenvalue weighted by Gasteiger charge is 2.30. The van der Waals surface area contributed by atoms with Crippen molar-refractivity contribution in [3.05, 3.63) is 122 Å². The number of aliphatic hydroxyl groups excluding tert-OH is 11. The summed E-state index contributed by atoms with van der Waals surface area (Å²) >= 11 is 0. The number of nitrogens with one attached hydrogen (secondary N) is 1. The van der Waals surface area contributed by atoms with Gasteiger partial charge in [-0.2, -0.15) is 8.42 Å². The average molecular weight is 1190 g/mol. The highest BCUT2D eigenvalue weighted by Crippen LogP contribution is 2.21. The van der Waals surface area contributed by atoms with E-state index in [4.69, 9.17) is 9.92 Å². The molecule has 474 valence electrons. The number of amides is 1. The molecule has 0 bridgehead atoms. The zero-order valence-electron chi connectivity index (χ0n) is 49.5. The van der Waals surface area contributed by atoms with Crippen LogP contribution in [0, 0.1) is 17.8 Å². The number of unbranched alkanes of at least 4 members (excludes halogenated alkanes) is 3. The van der Waals surface area contributed by atoms with Crippen LogP contribution in [0.25, 0.3) is 0 Å². The maximum absolute atomic E-state index is 13.0. The van der Waals surface area contributed by atoms with Gasteiger partial charge in [-0.3, -0.25) is 24.5 Å². The number of carbonyl (C=O) groups is 2. The van der Waals surface area contributed by atoms with E-state index in [1.165, 1.54) is 37.3 Å². The summed E-state index contributed by atoms with van der Waals surface area (Å²) in [6, 6.07) is 0. The fourth-order valence-corrected chi connectivity index (χ4v) is 8.87. The molecule has 0 aliphatic rings. The Balaban J connectivity index is 4.72. The Morgan fingerprint density at radius 2 is 1.05 bits per heavy atom. The Morgan fingerprint density at radius 3 is 1.58 bits per heavy atom. The van der Waals surface area contributed by atoms with Gasteiger partial charge in [0.05, 0.1) is 73.2 Å². The average Bonchev–Trinajstić information content (AvgIpc) is 3.40. The molecule has 0 saturated heterocycles. The first-order chi connectivity index (χ1) is 39.3. The Morgan fingerprint density at radius 1 is 0.554 bits per heavy atom. The number of hydrogen-bond donors (Lipinski definition) is 14. The van der Waals surface area contributed by atoms with Crippen molar-refractivity contribution < 1.29 is 82.9 Å². The number of nitrogens with zero attached hydrogens (tertiary/aromatic N) is 1. The lowest BCUT2D eigenvalue weighted by atomic mass is 9.88. The maximum atomic E-state index is 13.0. The van der Waals surface area contributed by atoms with Crippen LogP contribution in [-0.2, 0) is 24.2 Å². The van der Waals surface area contributed by atoms with Crippen molar-refractivity contribution in [2.24, 2.45) is 28.5 Å². The molecular weight excluding hydrogens is 1090 g/mol. The van der Waals surface area contributed by atoms with Crippen molar-refractivity contribution in [2.45, 2.75) is 223 Å². The molecule has 0 fully saturated rings. The monoisotopic (exact) mass is 1190 g/mol. The summed E-state index contributed by atoms with van der Waals surface area (Å²) in [5, 5.41) is 117. The zero-order valence-corrected chi connectivity index (χ0v) is 50.3. The topological polar surface area (TPSA) is 371 Å². The molecule has 0 saturated carbocycles. The molecule has 1 amide bonds. The van der Waals surface area contributed by atoms with Crippen LogP contribution in [0.15, 0.2) is 127 Å². The van der Waals surface area contributed by atoms with Gasteiger partial charge in [0.2, 0.25) is 5.91 Å². The molecule has 0 rings (SSSR count). The summed E-state index contributed by atoms with van der Waals surface area (Å²) in [4.78, 5) is 29.0. The maximum Gasteiger partial charge on any atom is 0.397 e. The van der Waals surface area contributed by atoms with E-state index in [0.29, 0.717) is 25.8 Å². The number of aliphatic imine (C=N–C) groups is 1. The lowest BCUT2D eigenvalue weighted by Gasteiger charge is -2.25. The Hall–Kier alpha value is -4.56. The molecule has 0 aromatic rings. The van der Waals surface area contributed by atoms with E-state index in [9.17, 15) is 78.7 Å². The number of rotatable bonds is 47. The molecule has 0 aromatic carbocycles. The second kappa shape index (κ2) is 47.7. The van der Waals surface area contributed by atoms with Crippen molar-refractivity contribution in [2.75, 3.05) is 6.54 Å². The number of nitrogens with two attached hydrogens (primary N) is 1. The van der Waals surface area contributed by atoms with Crippen LogP contribution in [-0.4, -0.2) is 167 Å². The van der Waals surface area contributed by atoms with Gasteiger partial charge in [0, 0.05) is 56.4 Å². The van der Waals surface area contributed by atoms with Gasteiger partial charge in [-0.1, -0.05) is 175 Å². The van der Waals surface area contributed by atoms with Gasteiger partial charge in [-0.25, -0.2) is 4.18 Å². The first-order valence-electron chi connectivity index (χ1n) is 29.2. The first kappa shape index (κ1) is 78.4. The zero-order chi connectivity index (χ0) is 62.6. The van der Waals surface area contributed by atoms with E-state index >= 15 is 0 Å². The third kappa shape index (κ3) is 44.6. The molecule has 83 heavy (non-hydrogen) atoms. The molecule has 0 aliphatic carbocycles. The van der Waals surface area contributed by atoms with E-state index in [2.05, 4.69) is 17.2 Å². The van der Waals surface area contributed by atoms with Crippen LogP contribution in [0.5, 0.6) is 0 Å². The first-order valence-corrected chi connectivity index (χ1v) is 30.6. The summed E-state index contributed by atoms with van der Waals surface area (Å²) in [5.74, 6) is -2.25. The molecule has 0 aromatic heterocycles. The van der Waals surface area contributed by atoms with Crippen LogP contribution >= 0.6 is 0 Å². The van der Waals surface area contributed by atoms with Gasteiger partial charge in [-0.15, -0.1) is 0 Å². The molecule has 0 heterocycles. The highest BCUT2D eigenvalue weighted by atomic mass is 32.3. The fourth-order valence-electron chi connectivity index (χ4n) is 8.31. The molecule has 20 nitrogen and oxygen atoms in total. The standard InChI is InChI=1S/C62H103N3O17S/c1-6-8-19-27-45(3)61(78)47(5)57(75)35-21-17-15-13-11-10-12-14-16-18-22-36-59(82-83(79,80)81)46(4)58(76)44-56(74)43-53(71)33-25-32-52(70)42-55(73)41-51(69)31-24-30-49(67)39-48(66)28-23-29-50(68)40-54(72)34-26-38-64-62(63)65-60(77)37-20-9-7-2/h10-19,21-25,27-28,31,33,35,45-57,59,61,66-75,78H,6-9,20,26,29-30,32,34,36-44H2,1-5H3,(H,79,80,81)(H3,63,64,65,77)/b12-10+,13-11+,16-14+,17-15+,22-18+,27-19+,28-23+,31-24+,33-25+,35-21+. The summed E-state index contributed by atoms with van der Waals surface area (Å²) in [7, 11) is -4.94. The second-order valence-corrected chi connectivity index (χ2v) is 22.3. The fraction of sp³-hybridized carbons (Fsp3) is 0.629. The molecule has 15 unspecified atom stereocenters. The predicted octanol–water partition coefficient (Wildman–Crippen LogP) is 5.68. The van der Waals surface area contributed by atoms with Crippen LogP contribution in [0.4, 0.5) is 0 Å². The quantitative estimate of drug-likeness (QED) is 0.00870. The number of allylic oxidation sites excluding steroid dienone is 11. The van der Waals surface area contributed by atoms with E-state index < -0.39 is 102 Å². The van der Waals surface area contributed by atoms with Gasteiger partial charge < -0.3 is 61.9 Å². The molecule has 0 radical (unpaired) electrons. The summed E-state index contributed by atoms with van der Waals surface area (Å²) in [6.07, 6.45) is 26.0. The molecule has 0 aliphatic heterocycles. The van der Waals surface area contributed by atoms with Gasteiger partial charge in [0.1, 0.15) is 5.78 Å². The van der Waals surface area contributed by atoms with Crippen LogP contribution in [0.2, 0.25) is 0 Å². The van der Waals surface area contributed by atoms with Gasteiger partial charge in [0.25, 0.3) is 0 Å². The second-order valence-electron chi connectivity index (χ2n) is 21.2. The molecule has 0 spiro atoms. The lowest BCUT2D eigenvalue weighted by Crippen LogP contribution is -2.36. The Kier molecular flexibility index (Phi) is 45.0. The van der Waals surface area contributed by atoms with Crippen LogP contribution in [0.1, 0.15) is 150 Å². The van der Waals surface area contributed by atoms with Crippen molar-refractivity contribution in [1.82, 2.24) is 5.32 Å². The third-order valence-electron chi connectivity index (χ3n) is 13.3. The van der Waals surface area contributed by atoms with E-state index in [1.54, 1.807) is 85.9 Å². The van der Waals surface area contributed by atoms with Gasteiger partial charge in [-0.05, 0) is 64.2 Å². The summed E-state index contributed by atoms with van der Waals surface area (Å²) in [6.45, 7) is 9.55. The SMILES string of the molecule is CCC/C=C/C(C)C(O)C(C)C(O)/C=C/C=C/C=C/C=C/C=C/C=C/CC(OS(=O)(=O)O)C(C)C(=O)CC(O)CC(O)/C=C/CC(O)CC(O)CC(O)/C=C/CC(O)CC(O)/C=C/CC(O)CC(O)CCCN=C(N)NC(=O)CCCCC. The summed E-state index contributed by atoms with van der Waals surface area (Å²) < 4.78 is 37.4. The largest absolute Gasteiger partial charge is 0.397 e. The van der Waals surface area contributed by atoms with E-state index in [1.807, 2.05) is 26.0 Å². The number of aliphatic hydroxyl groups is 11. The highest BCUT2D eigenvalue weighted by molar-refractivity contribution is 7.80. The third-order valence-corrected chi connectivity index (χ3v) is 13.7. The molecular formula is C62H103N3O17S. The molecule has 15 N–H and O–H groups in total. The van der Waals surface area contributed by atoms with Crippen molar-refractivity contribution >= 4 is 28.0 Å². The van der Waals surface area contributed by atoms with Crippen molar-refractivity contribution in [1.29, 1.82) is 0 Å². The van der Waals surface area contributed by atoms with Crippen molar-refractivity contribution in [3.63, 3.8) is 0 Å². The molecule has 21 heteroatoms. The Labute approximate surface area is 494 Å². The normalized spacial score (nSPS) is 19.0. The van der Waals surface area contributed by atoms with Gasteiger partial charge >= 0.3 is 10.4 Å². The summed E-state index contributed by atoms with van der Waals surface area (Å²) in [5.41, 5.74) is 5.74. The lowest BCUT2D eigenvalue weighted by molar-refractivity contribution is -0.127. The number of guanidine groups is 1. The number of Topliss-reactive ketones (excluding diaryl/α,β-unsaturated/α-hetero) is 1. The smallest absolute Gasteiger partial charge is 0.393 e. The minimum Gasteiger partial charge on any atom is -0.393 e. The number of carbonyl (C=O) groups excluding carboxylic acids is 2.